The molecule has 1 aliphatic rings. The van der Waals surface area contributed by atoms with Gasteiger partial charge in [-0.2, -0.15) is 0 Å². The number of thioether (sulfide) groups is 1. The van der Waals surface area contributed by atoms with E-state index in [9.17, 15) is 5.11 Å². The van der Waals surface area contributed by atoms with Gasteiger partial charge in [-0.1, -0.05) is 12.1 Å². The Kier molecular flexibility index (Phi) is 2.54. The highest BCUT2D eigenvalue weighted by Gasteiger charge is 2.23. The van der Waals surface area contributed by atoms with Gasteiger partial charge in [0, 0.05) is 4.90 Å². The van der Waals surface area contributed by atoms with Gasteiger partial charge in [0.2, 0.25) is 0 Å². The average Bonchev–Trinajstić information content (AvgIpc) is 2.53. The quantitative estimate of drug-likeness (QED) is 0.560. The molecule has 0 radical (unpaired) electrons. The first-order valence-electron chi connectivity index (χ1n) is 4.67. The Balaban J connectivity index is 2.54. The molecule has 1 aromatic carbocycles. The van der Waals surface area contributed by atoms with Crippen molar-refractivity contribution < 1.29 is 5.11 Å². The zero-order valence-corrected chi connectivity index (χ0v) is 8.90. The number of aliphatic hydroxyl groups is 1. The second-order valence-corrected chi connectivity index (χ2v) is 4.40. The van der Waals surface area contributed by atoms with Crippen LogP contribution in [0.5, 0.6) is 0 Å². The van der Waals surface area contributed by atoms with Crippen molar-refractivity contribution in [3.63, 3.8) is 0 Å². The van der Waals surface area contributed by atoms with Crippen molar-refractivity contribution in [3.05, 3.63) is 28.8 Å². The van der Waals surface area contributed by atoms with Gasteiger partial charge in [-0.15, -0.1) is 6.42 Å². The molecule has 0 spiro atoms. The maximum absolute atomic E-state index is 9.70. The fraction of sp³-hybridized carbons (Fsp3) is 0.333. The van der Waals surface area contributed by atoms with Crippen molar-refractivity contribution in [2.75, 3.05) is 0 Å². The molecule has 1 N–H and O–H groups in total. The fourth-order valence-electron chi connectivity index (χ4n) is 1.97. The van der Waals surface area contributed by atoms with E-state index in [1.165, 1.54) is 27.8 Å². The molecule has 14 heavy (non-hydrogen) atoms. The molecular weight excluding hydrogens is 192 g/mol. The number of fused-ring (bicyclic) bond motifs is 1. The Morgan fingerprint density at radius 1 is 1.57 bits per heavy atom. The van der Waals surface area contributed by atoms with E-state index in [1.807, 2.05) is 12.1 Å². The molecular formula is C12H12OS. The molecule has 1 aliphatic carbocycles. The molecule has 0 aromatic heterocycles. The summed E-state index contributed by atoms with van der Waals surface area (Å²) in [6.07, 6.45) is 6.80. The number of aliphatic hydroxyl groups excluding tert-OH is 1. The van der Waals surface area contributed by atoms with Gasteiger partial charge >= 0.3 is 0 Å². The third-order valence-electron chi connectivity index (χ3n) is 2.68. The lowest BCUT2D eigenvalue weighted by Crippen LogP contribution is -1.92. The van der Waals surface area contributed by atoms with Gasteiger partial charge in [0.05, 0.1) is 6.10 Å². The van der Waals surface area contributed by atoms with E-state index in [-0.39, 0.29) is 6.10 Å². The normalized spacial score (nSPS) is 19.1. The molecule has 2 rings (SSSR count). The number of terminal acetylenes is 1. The number of benzene rings is 1. The SMILES string of the molecule is C#CSc1c(C)ccc2c1CCC2O. The zero-order chi connectivity index (χ0) is 10.1. The van der Waals surface area contributed by atoms with Crippen LogP contribution < -0.4 is 0 Å². The Hall–Kier alpha value is -0.910. The maximum Gasteiger partial charge on any atom is 0.0796 e. The first-order chi connectivity index (χ1) is 6.74. The van der Waals surface area contributed by atoms with Crippen LogP contribution in [0.3, 0.4) is 0 Å². The monoisotopic (exact) mass is 204 g/mol. The molecule has 2 heteroatoms. The Bertz CT molecular complexity index is 404. The Morgan fingerprint density at radius 2 is 2.36 bits per heavy atom. The molecule has 0 aliphatic heterocycles. The summed E-state index contributed by atoms with van der Waals surface area (Å²) in [5, 5.41) is 12.3. The summed E-state index contributed by atoms with van der Waals surface area (Å²) in [6, 6.07) is 4.05. The van der Waals surface area contributed by atoms with Gasteiger partial charge in [-0.05, 0) is 53.5 Å². The highest BCUT2D eigenvalue weighted by molar-refractivity contribution is 8.04. The smallest absolute Gasteiger partial charge is 0.0796 e. The molecule has 1 atom stereocenters. The minimum Gasteiger partial charge on any atom is -0.388 e. The van der Waals surface area contributed by atoms with E-state index in [0.717, 1.165) is 18.4 Å². The minimum atomic E-state index is -0.289. The summed E-state index contributed by atoms with van der Waals surface area (Å²) in [7, 11) is 0. The summed E-state index contributed by atoms with van der Waals surface area (Å²) in [4.78, 5) is 1.17. The number of aryl methyl sites for hydroxylation is 1. The third kappa shape index (κ3) is 1.43. The molecule has 72 valence electrons. The van der Waals surface area contributed by atoms with Gasteiger partial charge in [-0.25, -0.2) is 0 Å². The summed E-state index contributed by atoms with van der Waals surface area (Å²) >= 11 is 1.43. The summed E-state index contributed by atoms with van der Waals surface area (Å²) in [5.74, 6) is 0. The van der Waals surface area contributed by atoms with E-state index in [0.29, 0.717) is 0 Å². The molecule has 0 heterocycles. The molecule has 0 fully saturated rings. The minimum absolute atomic E-state index is 0.289. The van der Waals surface area contributed by atoms with E-state index in [1.54, 1.807) is 0 Å². The maximum atomic E-state index is 9.70. The molecule has 0 saturated carbocycles. The van der Waals surface area contributed by atoms with E-state index < -0.39 is 0 Å². The highest BCUT2D eigenvalue weighted by Crippen LogP contribution is 2.38. The first-order valence-corrected chi connectivity index (χ1v) is 5.48. The number of hydrogen-bond donors (Lipinski definition) is 1. The average molecular weight is 204 g/mol. The van der Waals surface area contributed by atoms with Gasteiger partial charge in [0.1, 0.15) is 0 Å². The topological polar surface area (TPSA) is 20.2 Å². The van der Waals surface area contributed by atoms with Gasteiger partial charge < -0.3 is 5.11 Å². The van der Waals surface area contributed by atoms with Crippen LogP contribution in [-0.4, -0.2) is 5.11 Å². The van der Waals surface area contributed by atoms with Crippen LogP contribution in [0.1, 0.15) is 29.2 Å². The van der Waals surface area contributed by atoms with Crippen molar-refractivity contribution in [2.24, 2.45) is 0 Å². The van der Waals surface area contributed by atoms with E-state index in [2.05, 4.69) is 12.2 Å². The van der Waals surface area contributed by atoms with Crippen LogP contribution in [0.15, 0.2) is 17.0 Å². The molecule has 0 bridgehead atoms. The van der Waals surface area contributed by atoms with E-state index in [4.69, 9.17) is 6.42 Å². The van der Waals surface area contributed by atoms with Crippen molar-refractivity contribution in [2.45, 2.75) is 30.8 Å². The third-order valence-corrected chi connectivity index (χ3v) is 3.57. The molecule has 0 amide bonds. The van der Waals surface area contributed by atoms with E-state index >= 15 is 0 Å². The standard InChI is InChI=1S/C12H12OS/c1-3-14-12-8(2)4-5-9-10(12)6-7-11(9)13/h1,4-5,11,13H,6-7H2,2H3. The predicted octanol–water partition coefficient (Wildman–Crippen LogP) is 2.66. The van der Waals surface area contributed by atoms with Gasteiger partial charge in [-0.3, -0.25) is 0 Å². The molecule has 1 unspecified atom stereocenters. The fourth-order valence-corrected chi connectivity index (χ4v) is 2.66. The van der Waals surface area contributed by atoms with Crippen molar-refractivity contribution in [3.8, 4) is 11.7 Å². The van der Waals surface area contributed by atoms with Crippen LogP contribution in [0.4, 0.5) is 0 Å². The highest BCUT2D eigenvalue weighted by atomic mass is 32.2. The molecule has 1 aromatic rings. The lowest BCUT2D eigenvalue weighted by Gasteiger charge is -2.09. The van der Waals surface area contributed by atoms with Crippen molar-refractivity contribution >= 4 is 11.8 Å². The van der Waals surface area contributed by atoms with Crippen LogP contribution >= 0.6 is 11.8 Å². The van der Waals surface area contributed by atoms with Gasteiger partial charge in [0.25, 0.3) is 0 Å². The zero-order valence-electron chi connectivity index (χ0n) is 8.08. The largest absolute Gasteiger partial charge is 0.388 e. The summed E-state index contributed by atoms with van der Waals surface area (Å²) < 4.78 is 0. The van der Waals surface area contributed by atoms with Crippen molar-refractivity contribution in [1.29, 1.82) is 0 Å². The van der Waals surface area contributed by atoms with Gasteiger partial charge in [0.15, 0.2) is 0 Å². The summed E-state index contributed by atoms with van der Waals surface area (Å²) in [6.45, 7) is 2.06. The van der Waals surface area contributed by atoms with Crippen LogP contribution in [-0.2, 0) is 6.42 Å². The van der Waals surface area contributed by atoms with Crippen molar-refractivity contribution in [1.82, 2.24) is 0 Å². The predicted molar refractivity (Wildman–Crippen MR) is 59.1 cm³/mol. The lowest BCUT2D eigenvalue weighted by atomic mass is 10.1. The number of hydrogen-bond acceptors (Lipinski definition) is 2. The first kappa shape index (κ1) is 9.64. The lowest BCUT2D eigenvalue weighted by molar-refractivity contribution is 0.180. The van der Waals surface area contributed by atoms with Crippen LogP contribution in [0, 0.1) is 18.6 Å². The molecule has 1 nitrogen and oxygen atoms in total. The second kappa shape index (κ2) is 3.68. The second-order valence-electron chi connectivity index (χ2n) is 3.55. The van der Waals surface area contributed by atoms with Crippen LogP contribution in [0.25, 0.3) is 0 Å². The molecule has 0 saturated heterocycles. The Labute approximate surface area is 88.5 Å². The summed E-state index contributed by atoms with van der Waals surface area (Å²) in [5.41, 5.74) is 3.52. The van der Waals surface area contributed by atoms with Crippen LogP contribution in [0.2, 0.25) is 0 Å². The Morgan fingerprint density at radius 3 is 3.07 bits per heavy atom. The number of rotatable bonds is 1.